The van der Waals surface area contributed by atoms with E-state index in [1.54, 1.807) is 6.07 Å². The molecule has 3 rings (SSSR count). The Balaban J connectivity index is 1.85. The second kappa shape index (κ2) is 6.31. The molecule has 2 aromatic rings. The van der Waals surface area contributed by atoms with Gasteiger partial charge in [-0.25, -0.2) is 0 Å². The Morgan fingerprint density at radius 3 is 3.00 bits per heavy atom. The molecule has 0 saturated heterocycles. The Bertz CT molecular complexity index is 632. The van der Waals surface area contributed by atoms with Gasteiger partial charge in [0, 0.05) is 26.1 Å². The molecular formula is C15H21N5O2. The van der Waals surface area contributed by atoms with Crippen molar-refractivity contribution in [1.82, 2.24) is 25.4 Å². The van der Waals surface area contributed by atoms with E-state index in [4.69, 9.17) is 4.42 Å². The van der Waals surface area contributed by atoms with Crippen LogP contribution >= 0.6 is 0 Å². The van der Waals surface area contributed by atoms with Crippen molar-refractivity contribution in [3.05, 3.63) is 35.8 Å². The molecule has 2 aromatic heterocycles. The second-order valence-corrected chi connectivity index (χ2v) is 5.83. The summed E-state index contributed by atoms with van der Waals surface area (Å²) in [5.74, 6) is 1.85. The Morgan fingerprint density at radius 2 is 2.27 bits per heavy atom. The van der Waals surface area contributed by atoms with Gasteiger partial charge in [-0.15, -0.1) is 10.2 Å². The number of nitrogens with zero attached hydrogens (tertiary/aromatic N) is 3. The van der Waals surface area contributed by atoms with E-state index in [0.717, 1.165) is 37.7 Å². The molecule has 2 N–H and O–H groups in total. The summed E-state index contributed by atoms with van der Waals surface area (Å²) in [7, 11) is 0. The summed E-state index contributed by atoms with van der Waals surface area (Å²) >= 11 is 0. The molecule has 1 unspecified atom stereocenters. The van der Waals surface area contributed by atoms with E-state index in [1.165, 1.54) is 12.5 Å². The third-order valence-corrected chi connectivity index (χ3v) is 3.91. The summed E-state index contributed by atoms with van der Waals surface area (Å²) in [4.78, 5) is 12.3. The standard InChI is InChI=1S/C15H21N5O2/c1-10(2)13(17-15(21)11-4-8-22-9-11)14-19-18-12-3-5-16-6-7-20(12)14/h4,8-10,13,16H,3,5-7H2,1-2H3,(H,17,21). The van der Waals surface area contributed by atoms with Crippen LogP contribution in [0.1, 0.15) is 41.9 Å². The highest BCUT2D eigenvalue weighted by atomic mass is 16.3. The summed E-state index contributed by atoms with van der Waals surface area (Å²) in [6, 6.07) is 1.47. The van der Waals surface area contributed by atoms with Crippen molar-refractivity contribution in [3.8, 4) is 0 Å². The van der Waals surface area contributed by atoms with Crippen LogP contribution in [-0.2, 0) is 13.0 Å². The number of amides is 1. The van der Waals surface area contributed by atoms with Gasteiger partial charge in [-0.05, 0) is 12.0 Å². The SMILES string of the molecule is CC(C)C(NC(=O)c1ccoc1)c1nnc2n1CCNCC2. The molecule has 1 amide bonds. The molecule has 0 radical (unpaired) electrons. The average molecular weight is 303 g/mol. The van der Waals surface area contributed by atoms with Crippen LogP contribution in [0.2, 0.25) is 0 Å². The summed E-state index contributed by atoms with van der Waals surface area (Å²) in [5.41, 5.74) is 0.517. The van der Waals surface area contributed by atoms with Crippen LogP contribution in [0.4, 0.5) is 0 Å². The number of aromatic nitrogens is 3. The Hall–Kier alpha value is -2.15. The summed E-state index contributed by atoms with van der Waals surface area (Å²) in [6.07, 6.45) is 3.79. The maximum Gasteiger partial charge on any atom is 0.255 e. The van der Waals surface area contributed by atoms with E-state index in [9.17, 15) is 4.79 Å². The fourth-order valence-corrected chi connectivity index (χ4v) is 2.67. The number of carbonyl (C=O) groups is 1. The monoisotopic (exact) mass is 303 g/mol. The van der Waals surface area contributed by atoms with Crippen molar-refractivity contribution in [2.75, 3.05) is 13.1 Å². The first-order chi connectivity index (χ1) is 10.7. The Morgan fingerprint density at radius 1 is 1.41 bits per heavy atom. The molecule has 0 aliphatic carbocycles. The van der Waals surface area contributed by atoms with Gasteiger partial charge in [0.1, 0.15) is 12.1 Å². The molecule has 1 aliphatic rings. The number of fused-ring (bicyclic) bond motifs is 1. The summed E-state index contributed by atoms with van der Waals surface area (Å²) in [5, 5.41) is 15.0. The second-order valence-electron chi connectivity index (χ2n) is 5.83. The zero-order valence-electron chi connectivity index (χ0n) is 12.9. The van der Waals surface area contributed by atoms with Gasteiger partial charge in [-0.3, -0.25) is 4.79 Å². The number of nitrogens with one attached hydrogen (secondary N) is 2. The van der Waals surface area contributed by atoms with Crippen LogP contribution in [0, 0.1) is 5.92 Å². The smallest absolute Gasteiger partial charge is 0.255 e. The van der Waals surface area contributed by atoms with E-state index in [1.807, 2.05) is 0 Å². The lowest BCUT2D eigenvalue weighted by Crippen LogP contribution is -2.34. The van der Waals surface area contributed by atoms with Crippen LogP contribution in [0.25, 0.3) is 0 Å². The van der Waals surface area contributed by atoms with Gasteiger partial charge in [-0.1, -0.05) is 13.8 Å². The lowest BCUT2D eigenvalue weighted by Gasteiger charge is -2.22. The largest absolute Gasteiger partial charge is 0.472 e. The minimum absolute atomic E-state index is 0.156. The molecular weight excluding hydrogens is 282 g/mol. The molecule has 1 atom stereocenters. The van der Waals surface area contributed by atoms with Gasteiger partial charge in [0.2, 0.25) is 0 Å². The van der Waals surface area contributed by atoms with Crippen molar-refractivity contribution in [2.24, 2.45) is 5.92 Å². The molecule has 118 valence electrons. The molecule has 0 fully saturated rings. The zero-order chi connectivity index (χ0) is 15.5. The topological polar surface area (TPSA) is 85.0 Å². The van der Waals surface area contributed by atoms with Crippen molar-refractivity contribution < 1.29 is 9.21 Å². The Labute approximate surface area is 129 Å². The minimum atomic E-state index is -0.179. The summed E-state index contributed by atoms with van der Waals surface area (Å²) in [6.45, 7) is 6.75. The van der Waals surface area contributed by atoms with Crippen LogP contribution in [0.5, 0.6) is 0 Å². The molecule has 7 heteroatoms. The molecule has 3 heterocycles. The van der Waals surface area contributed by atoms with Gasteiger partial charge >= 0.3 is 0 Å². The first kappa shape index (κ1) is 14.8. The van der Waals surface area contributed by atoms with Crippen molar-refractivity contribution >= 4 is 5.91 Å². The van der Waals surface area contributed by atoms with Gasteiger partial charge in [0.25, 0.3) is 5.91 Å². The number of hydrogen-bond donors (Lipinski definition) is 2. The van der Waals surface area contributed by atoms with Crippen LogP contribution in [0.15, 0.2) is 23.0 Å². The quantitative estimate of drug-likeness (QED) is 0.885. The predicted molar refractivity (Wildman–Crippen MR) is 80.3 cm³/mol. The lowest BCUT2D eigenvalue weighted by atomic mass is 10.0. The first-order valence-electron chi connectivity index (χ1n) is 7.62. The number of rotatable bonds is 4. The fraction of sp³-hybridized carbons (Fsp3) is 0.533. The van der Waals surface area contributed by atoms with E-state index in [-0.39, 0.29) is 17.9 Å². The predicted octanol–water partition coefficient (Wildman–Crippen LogP) is 1.14. The van der Waals surface area contributed by atoms with Gasteiger partial charge in [0.15, 0.2) is 5.82 Å². The average Bonchev–Trinajstić information content (AvgIpc) is 3.10. The maximum absolute atomic E-state index is 12.3. The number of carbonyl (C=O) groups excluding carboxylic acids is 1. The first-order valence-corrected chi connectivity index (χ1v) is 7.62. The number of furan rings is 1. The van der Waals surface area contributed by atoms with Crippen molar-refractivity contribution in [3.63, 3.8) is 0 Å². The van der Waals surface area contributed by atoms with Crippen LogP contribution < -0.4 is 10.6 Å². The molecule has 1 aliphatic heterocycles. The minimum Gasteiger partial charge on any atom is -0.472 e. The Kier molecular flexibility index (Phi) is 4.24. The van der Waals surface area contributed by atoms with Crippen molar-refractivity contribution in [1.29, 1.82) is 0 Å². The van der Waals surface area contributed by atoms with Crippen LogP contribution in [-0.4, -0.2) is 33.8 Å². The van der Waals surface area contributed by atoms with Gasteiger partial charge < -0.3 is 19.6 Å². The third kappa shape index (κ3) is 2.89. The highest BCUT2D eigenvalue weighted by molar-refractivity contribution is 5.94. The highest BCUT2D eigenvalue weighted by Crippen LogP contribution is 2.22. The molecule has 7 nitrogen and oxygen atoms in total. The summed E-state index contributed by atoms with van der Waals surface area (Å²) < 4.78 is 7.10. The molecule has 22 heavy (non-hydrogen) atoms. The zero-order valence-corrected chi connectivity index (χ0v) is 12.9. The van der Waals surface area contributed by atoms with E-state index in [0.29, 0.717) is 5.56 Å². The third-order valence-electron chi connectivity index (χ3n) is 3.91. The highest BCUT2D eigenvalue weighted by Gasteiger charge is 2.26. The number of hydrogen-bond acceptors (Lipinski definition) is 5. The lowest BCUT2D eigenvalue weighted by molar-refractivity contribution is 0.0921. The molecule has 0 bridgehead atoms. The molecule has 0 spiro atoms. The van der Waals surface area contributed by atoms with E-state index >= 15 is 0 Å². The van der Waals surface area contributed by atoms with Gasteiger partial charge in [-0.2, -0.15) is 0 Å². The van der Waals surface area contributed by atoms with Crippen LogP contribution in [0.3, 0.4) is 0 Å². The van der Waals surface area contributed by atoms with Crippen molar-refractivity contribution in [2.45, 2.75) is 32.9 Å². The molecule has 0 saturated carbocycles. The van der Waals surface area contributed by atoms with E-state index in [2.05, 4.69) is 39.2 Å². The van der Waals surface area contributed by atoms with Gasteiger partial charge in [0.05, 0.1) is 17.9 Å². The maximum atomic E-state index is 12.3. The molecule has 0 aromatic carbocycles. The fourth-order valence-electron chi connectivity index (χ4n) is 2.67. The normalized spacial score (nSPS) is 16.1. The van der Waals surface area contributed by atoms with E-state index < -0.39 is 0 Å².